The second-order valence-electron chi connectivity index (χ2n) is 6.74. The highest BCUT2D eigenvalue weighted by atomic mass is 16.7. The molecule has 6 heteroatoms. The maximum Gasteiger partial charge on any atom is 0.498 e. The zero-order valence-electron chi connectivity index (χ0n) is 13.5. The largest absolute Gasteiger partial charge is 0.498 e. The molecular formula is C15H25BN2O3. The molecule has 2 aliphatic rings. The van der Waals surface area contributed by atoms with Gasteiger partial charge < -0.3 is 14.0 Å². The molecule has 2 atom stereocenters. The molecule has 2 saturated heterocycles. The van der Waals surface area contributed by atoms with E-state index in [9.17, 15) is 0 Å². The van der Waals surface area contributed by atoms with Gasteiger partial charge in [0.1, 0.15) is 6.23 Å². The summed E-state index contributed by atoms with van der Waals surface area (Å²) in [6.45, 7) is 9.24. The summed E-state index contributed by atoms with van der Waals surface area (Å²) in [5, 5.41) is 4.44. The fraction of sp³-hybridized carbons (Fsp3) is 0.800. The molecule has 0 amide bonds. The highest BCUT2D eigenvalue weighted by molar-refractivity contribution is 6.62. The summed E-state index contributed by atoms with van der Waals surface area (Å²) in [6, 6.07) is 0. The van der Waals surface area contributed by atoms with Crippen LogP contribution in [0.4, 0.5) is 0 Å². The van der Waals surface area contributed by atoms with Crippen LogP contribution in [-0.4, -0.2) is 34.7 Å². The number of ether oxygens (including phenoxy) is 1. The Morgan fingerprint density at radius 2 is 2.14 bits per heavy atom. The number of rotatable bonds is 3. The second kappa shape index (κ2) is 5.41. The minimum atomic E-state index is -0.345. The molecule has 2 fully saturated rings. The van der Waals surface area contributed by atoms with Crippen LogP contribution >= 0.6 is 0 Å². The van der Waals surface area contributed by atoms with Crippen LogP contribution in [0.2, 0.25) is 0 Å². The fourth-order valence-electron chi connectivity index (χ4n) is 3.00. The number of nitrogens with zero attached hydrogens (tertiary/aromatic N) is 2. The number of hydrogen-bond acceptors (Lipinski definition) is 4. The van der Waals surface area contributed by atoms with Gasteiger partial charge in [-0.2, -0.15) is 5.10 Å². The molecule has 2 unspecified atom stereocenters. The van der Waals surface area contributed by atoms with Crippen LogP contribution in [-0.2, 0) is 14.0 Å². The van der Waals surface area contributed by atoms with Gasteiger partial charge in [0, 0.05) is 24.5 Å². The normalized spacial score (nSPS) is 32.6. The highest BCUT2D eigenvalue weighted by Crippen LogP contribution is 2.39. The van der Waals surface area contributed by atoms with Crippen LogP contribution in [0.25, 0.3) is 0 Å². The Bertz CT molecular complexity index is 499. The van der Waals surface area contributed by atoms with Crippen LogP contribution in [0.15, 0.2) is 12.4 Å². The molecule has 0 aliphatic carbocycles. The van der Waals surface area contributed by atoms with Crippen molar-refractivity contribution >= 4 is 12.6 Å². The third-order valence-corrected chi connectivity index (χ3v) is 5.06. The van der Waals surface area contributed by atoms with E-state index in [1.807, 2.05) is 17.1 Å². The summed E-state index contributed by atoms with van der Waals surface area (Å²) >= 11 is 0. The van der Waals surface area contributed by atoms with Crippen LogP contribution in [0, 0.1) is 0 Å². The molecule has 1 aromatic heterocycles. The SMILES string of the molecule is CCC1(C)OB(c2cnn(C3CCCCO3)c2)OC1(C)C. The monoisotopic (exact) mass is 292 g/mol. The summed E-state index contributed by atoms with van der Waals surface area (Å²) in [6.07, 6.45) is 8.15. The molecule has 0 N–H and O–H groups in total. The van der Waals surface area contributed by atoms with E-state index in [0.717, 1.165) is 31.3 Å². The molecule has 0 radical (unpaired) electrons. The Hall–Kier alpha value is -0.845. The number of hydrogen-bond donors (Lipinski definition) is 0. The highest BCUT2D eigenvalue weighted by Gasteiger charge is 2.53. The fourth-order valence-corrected chi connectivity index (χ4v) is 3.00. The third-order valence-electron chi connectivity index (χ3n) is 5.06. The van der Waals surface area contributed by atoms with Gasteiger partial charge in [0.15, 0.2) is 0 Å². The molecule has 1 aromatic rings. The minimum absolute atomic E-state index is 0.0551. The molecule has 5 nitrogen and oxygen atoms in total. The number of aromatic nitrogens is 2. The first-order chi connectivity index (χ1) is 9.95. The van der Waals surface area contributed by atoms with Gasteiger partial charge >= 0.3 is 7.12 Å². The average Bonchev–Trinajstić information content (AvgIpc) is 3.04. The molecule has 0 aromatic carbocycles. The molecule has 0 bridgehead atoms. The van der Waals surface area contributed by atoms with Crippen molar-refractivity contribution in [3.63, 3.8) is 0 Å². The van der Waals surface area contributed by atoms with E-state index in [4.69, 9.17) is 14.0 Å². The molecule has 0 saturated carbocycles. The molecule has 3 rings (SSSR count). The van der Waals surface area contributed by atoms with E-state index in [1.165, 1.54) is 6.42 Å². The molecule has 0 spiro atoms. The van der Waals surface area contributed by atoms with Crippen molar-refractivity contribution in [1.82, 2.24) is 9.78 Å². The van der Waals surface area contributed by atoms with E-state index in [-0.39, 0.29) is 24.5 Å². The Balaban J connectivity index is 1.75. The standard InChI is InChI=1S/C15H25BN2O3/c1-5-15(4)14(2,3)20-16(21-15)12-10-17-18(11-12)13-8-6-7-9-19-13/h10-11,13H,5-9H2,1-4H3. The van der Waals surface area contributed by atoms with Crippen molar-refractivity contribution in [3.05, 3.63) is 12.4 Å². The Kier molecular flexibility index (Phi) is 3.88. The van der Waals surface area contributed by atoms with Gasteiger partial charge in [-0.3, -0.25) is 0 Å². The predicted molar refractivity (Wildman–Crippen MR) is 81.4 cm³/mol. The van der Waals surface area contributed by atoms with Crippen LogP contribution in [0.5, 0.6) is 0 Å². The third kappa shape index (κ3) is 2.65. The van der Waals surface area contributed by atoms with Crippen molar-refractivity contribution in [3.8, 4) is 0 Å². The topological polar surface area (TPSA) is 45.5 Å². The maximum absolute atomic E-state index is 6.18. The molecule has 21 heavy (non-hydrogen) atoms. The minimum Gasteiger partial charge on any atom is -0.399 e. The molecular weight excluding hydrogens is 267 g/mol. The first-order valence-electron chi connectivity index (χ1n) is 7.96. The van der Waals surface area contributed by atoms with Gasteiger partial charge in [0.25, 0.3) is 0 Å². The van der Waals surface area contributed by atoms with Crippen molar-refractivity contribution in [1.29, 1.82) is 0 Å². The van der Waals surface area contributed by atoms with Gasteiger partial charge in [-0.15, -0.1) is 0 Å². The lowest BCUT2D eigenvalue weighted by molar-refractivity contribution is -0.0394. The van der Waals surface area contributed by atoms with Gasteiger partial charge in [-0.05, 0) is 46.5 Å². The first kappa shape index (κ1) is 15.1. The van der Waals surface area contributed by atoms with Crippen molar-refractivity contribution in [2.45, 2.75) is 70.8 Å². The van der Waals surface area contributed by atoms with Gasteiger partial charge in [-0.1, -0.05) is 6.92 Å². The summed E-state index contributed by atoms with van der Waals surface area (Å²) in [5.41, 5.74) is 0.381. The molecule has 3 heterocycles. The lowest BCUT2D eigenvalue weighted by Gasteiger charge is -2.35. The van der Waals surface area contributed by atoms with Crippen molar-refractivity contribution in [2.75, 3.05) is 6.61 Å². The lowest BCUT2D eigenvalue weighted by atomic mass is 9.82. The lowest BCUT2D eigenvalue weighted by Crippen LogP contribution is -2.44. The molecule has 116 valence electrons. The summed E-state index contributed by atoms with van der Waals surface area (Å²) in [7, 11) is -0.345. The Morgan fingerprint density at radius 1 is 1.33 bits per heavy atom. The van der Waals surface area contributed by atoms with Crippen LogP contribution in [0.3, 0.4) is 0 Å². The van der Waals surface area contributed by atoms with Gasteiger partial charge in [-0.25, -0.2) is 4.68 Å². The summed E-state index contributed by atoms with van der Waals surface area (Å²) < 4.78 is 20.0. The van der Waals surface area contributed by atoms with E-state index < -0.39 is 0 Å². The predicted octanol–water partition coefficient (Wildman–Crippen LogP) is 2.27. The van der Waals surface area contributed by atoms with Crippen molar-refractivity contribution < 1.29 is 14.0 Å². The van der Waals surface area contributed by atoms with Crippen LogP contribution in [0.1, 0.15) is 59.6 Å². The first-order valence-corrected chi connectivity index (χ1v) is 7.96. The van der Waals surface area contributed by atoms with E-state index in [1.54, 1.807) is 0 Å². The Labute approximate surface area is 127 Å². The molecule has 2 aliphatic heterocycles. The van der Waals surface area contributed by atoms with E-state index in [2.05, 4.69) is 32.8 Å². The zero-order chi connectivity index (χ0) is 15.1. The van der Waals surface area contributed by atoms with E-state index >= 15 is 0 Å². The zero-order valence-corrected chi connectivity index (χ0v) is 13.5. The summed E-state index contributed by atoms with van der Waals surface area (Å²) in [4.78, 5) is 0. The van der Waals surface area contributed by atoms with Gasteiger partial charge in [0.2, 0.25) is 0 Å². The summed E-state index contributed by atoms with van der Waals surface area (Å²) in [5.74, 6) is 0. The second-order valence-corrected chi connectivity index (χ2v) is 6.74. The van der Waals surface area contributed by atoms with Crippen LogP contribution < -0.4 is 5.46 Å². The van der Waals surface area contributed by atoms with E-state index in [0.29, 0.717) is 0 Å². The Morgan fingerprint density at radius 3 is 2.76 bits per heavy atom. The maximum atomic E-state index is 6.18. The van der Waals surface area contributed by atoms with Gasteiger partial charge in [0.05, 0.1) is 11.2 Å². The average molecular weight is 292 g/mol. The quantitative estimate of drug-likeness (QED) is 0.802. The van der Waals surface area contributed by atoms with Crippen molar-refractivity contribution in [2.24, 2.45) is 0 Å². The smallest absolute Gasteiger partial charge is 0.399 e.